The van der Waals surface area contributed by atoms with Gasteiger partial charge in [0.05, 0.1) is 38.1 Å². The zero-order chi connectivity index (χ0) is 32.4. The van der Waals surface area contributed by atoms with Crippen molar-refractivity contribution in [1.82, 2.24) is 0 Å². The fraction of sp³-hybridized carbons (Fsp3) is 1.00. The summed E-state index contributed by atoms with van der Waals surface area (Å²) in [7, 11) is 5.13. The van der Waals surface area contributed by atoms with E-state index in [4.69, 9.17) is 51.4 Å². The highest BCUT2D eigenvalue weighted by molar-refractivity contribution is 8.76. The van der Waals surface area contributed by atoms with E-state index in [2.05, 4.69) is 0 Å². The summed E-state index contributed by atoms with van der Waals surface area (Å²) in [5, 5.41) is 63.3. The average molecular weight is 695 g/mol. The number of aliphatic hydroxyl groups excluding tert-OH is 6. The smallest absolute Gasteiger partial charge is 0.187 e. The van der Waals surface area contributed by atoms with Gasteiger partial charge < -0.3 is 82.0 Å². The van der Waals surface area contributed by atoms with E-state index in [1.54, 1.807) is 28.7 Å². The third kappa shape index (κ3) is 10.5. The number of nitrogens with two attached hydrogens (primary N) is 4. The van der Waals surface area contributed by atoms with Crippen LogP contribution in [0.1, 0.15) is 6.42 Å². The molecule has 0 aromatic rings. The minimum Gasteiger partial charge on any atom is -0.389 e. The lowest BCUT2D eigenvalue weighted by Crippen LogP contribution is -2.68. The van der Waals surface area contributed by atoms with E-state index in [0.29, 0.717) is 31.3 Å². The van der Waals surface area contributed by atoms with Gasteiger partial charge in [0.15, 0.2) is 12.6 Å². The van der Waals surface area contributed by atoms with Crippen LogP contribution in [0.3, 0.4) is 0 Å². The number of thioether (sulfide) groups is 1. The molecule has 19 heteroatoms. The van der Waals surface area contributed by atoms with Gasteiger partial charge in [0.2, 0.25) is 0 Å². The number of hydrogen-bond acceptors (Lipinski definition) is 19. The normalized spacial score (nSPS) is 43.3. The van der Waals surface area contributed by atoms with Crippen molar-refractivity contribution in [2.45, 2.75) is 98.2 Å². The molecule has 1 saturated carbocycles. The minimum absolute atomic E-state index is 0.113. The first-order valence-corrected chi connectivity index (χ1v) is 18.2. The number of rotatable bonds is 17. The van der Waals surface area contributed by atoms with Crippen molar-refractivity contribution in [3.63, 3.8) is 0 Å². The largest absolute Gasteiger partial charge is 0.389 e. The summed E-state index contributed by atoms with van der Waals surface area (Å²) in [4.78, 5) is 0. The Bertz CT molecular complexity index is 819. The molecule has 0 bridgehead atoms. The molecule has 0 radical (unpaired) electrons. The van der Waals surface area contributed by atoms with E-state index >= 15 is 0 Å². The van der Waals surface area contributed by atoms with Crippen molar-refractivity contribution in [3.05, 3.63) is 0 Å². The lowest BCUT2D eigenvalue weighted by molar-refractivity contribution is -0.330. The number of methoxy groups -OCH3 is 1. The molecule has 15 atom stereocenters. The maximum Gasteiger partial charge on any atom is 0.187 e. The Morgan fingerprint density at radius 2 is 1.25 bits per heavy atom. The molecule has 2 aliphatic heterocycles. The van der Waals surface area contributed by atoms with Gasteiger partial charge in [0, 0.05) is 48.7 Å². The fourth-order valence-corrected chi connectivity index (χ4v) is 7.82. The Kier molecular flexibility index (Phi) is 17.1. The Balaban J connectivity index is 1.51. The van der Waals surface area contributed by atoms with Gasteiger partial charge in [0.25, 0.3) is 0 Å². The lowest BCUT2D eigenvalue weighted by atomic mass is 9.84. The molecule has 0 amide bonds. The van der Waals surface area contributed by atoms with Gasteiger partial charge in [-0.25, -0.2) is 0 Å². The van der Waals surface area contributed by atoms with E-state index in [0.717, 1.165) is 11.5 Å². The van der Waals surface area contributed by atoms with Gasteiger partial charge in [-0.15, -0.1) is 0 Å². The molecule has 0 aromatic heterocycles. The van der Waals surface area contributed by atoms with Crippen molar-refractivity contribution in [3.8, 4) is 0 Å². The Labute approximate surface area is 269 Å². The van der Waals surface area contributed by atoms with Crippen molar-refractivity contribution in [2.75, 3.05) is 56.5 Å². The molecule has 0 spiro atoms. The molecule has 2 saturated heterocycles. The highest BCUT2D eigenvalue weighted by Crippen LogP contribution is 2.32. The molecule has 260 valence electrons. The summed E-state index contributed by atoms with van der Waals surface area (Å²) in [6.45, 7) is 1.67. The van der Waals surface area contributed by atoms with E-state index < -0.39 is 91.7 Å². The molecule has 14 N–H and O–H groups in total. The lowest BCUT2D eigenvalue weighted by Gasteiger charge is -2.48. The maximum atomic E-state index is 11.2. The van der Waals surface area contributed by atoms with Crippen molar-refractivity contribution >= 4 is 33.3 Å². The van der Waals surface area contributed by atoms with Crippen LogP contribution in [0, 0.1) is 0 Å². The SMILES string of the molecule is COCCSSCCOCCSCC1O[C@H](O[C@H]2C(N)C[C@H](N)[C@H](O[C@H]3OC(CN)[C@@H](O)C(O)[C@@H]3O)C2O)C(O)C(N)[C@@H]1O. The summed E-state index contributed by atoms with van der Waals surface area (Å²) < 4.78 is 33.8. The van der Waals surface area contributed by atoms with Crippen molar-refractivity contribution in [2.24, 2.45) is 22.9 Å². The molecule has 1 aliphatic carbocycles. The first-order chi connectivity index (χ1) is 21.0. The second-order valence-electron chi connectivity index (χ2n) is 10.9. The molecule has 7 unspecified atom stereocenters. The molecule has 3 aliphatic rings. The van der Waals surface area contributed by atoms with Crippen LogP contribution in [0.2, 0.25) is 0 Å². The summed E-state index contributed by atoms with van der Waals surface area (Å²) in [6, 6.07) is -2.72. The van der Waals surface area contributed by atoms with Crippen LogP contribution in [-0.2, 0) is 28.4 Å². The van der Waals surface area contributed by atoms with Crippen LogP contribution in [0.5, 0.6) is 0 Å². The van der Waals surface area contributed by atoms with Crippen LogP contribution in [0.25, 0.3) is 0 Å². The number of aliphatic hydroxyl groups is 6. The van der Waals surface area contributed by atoms with Crippen LogP contribution in [0.15, 0.2) is 0 Å². The van der Waals surface area contributed by atoms with Gasteiger partial charge in [-0.05, 0) is 6.42 Å². The Hall–Kier alpha value is 0.410. The minimum atomic E-state index is -1.65. The first-order valence-electron chi connectivity index (χ1n) is 14.6. The van der Waals surface area contributed by atoms with E-state index in [-0.39, 0.29) is 13.0 Å². The predicted octanol–water partition coefficient (Wildman–Crippen LogP) is -4.51. The average Bonchev–Trinajstić information content (AvgIpc) is 3.00. The monoisotopic (exact) mass is 694 g/mol. The summed E-state index contributed by atoms with van der Waals surface area (Å²) in [6.07, 6.45) is -15.6. The van der Waals surface area contributed by atoms with Crippen LogP contribution in [-0.4, -0.2) is 179 Å². The molecule has 16 nitrogen and oxygen atoms in total. The van der Waals surface area contributed by atoms with Gasteiger partial charge in [-0.3, -0.25) is 0 Å². The Morgan fingerprint density at radius 1 is 0.682 bits per heavy atom. The molecular weight excluding hydrogens is 644 g/mol. The topological polar surface area (TPSA) is 281 Å². The number of ether oxygens (including phenoxy) is 6. The van der Waals surface area contributed by atoms with Gasteiger partial charge >= 0.3 is 0 Å². The highest BCUT2D eigenvalue weighted by Gasteiger charge is 2.51. The highest BCUT2D eigenvalue weighted by atomic mass is 33.1. The standard InChI is InChI=1S/C25H50N4O12S3/c1-36-2-6-43-44-7-4-37-3-5-42-10-14-16(30)15(29)18(32)24(39-14)40-22-11(27)8-12(28)23(21(22)35)41-25-20(34)19(33)17(31)13(9-26)38-25/h11-25,30-35H,2-10,26-29H2,1H3/t11?,12-,13?,14?,15?,16+,17+,18?,19?,20-,21?,22-,23-,24+,25+/m0/s1. The summed E-state index contributed by atoms with van der Waals surface area (Å²) in [5.41, 5.74) is 24.2. The van der Waals surface area contributed by atoms with Crippen LogP contribution in [0.4, 0.5) is 0 Å². The zero-order valence-electron chi connectivity index (χ0n) is 24.7. The molecule has 2 heterocycles. The molecule has 44 heavy (non-hydrogen) atoms. The zero-order valence-corrected chi connectivity index (χ0v) is 27.1. The van der Waals surface area contributed by atoms with E-state index in [1.165, 1.54) is 11.8 Å². The predicted molar refractivity (Wildman–Crippen MR) is 166 cm³/mol. The molecule has 0 aromatic carbocycles. The third-order valence-electron chi connectivity index (χ3n) is 7.72. The maximum absolute atomic E-state index is 11.2. The molecule has 3 fully saturated rings. The van der Waals surface area contributed by atoms with Crippen LogP contribution < -0.4 is 22.9 Å². The second-order valence-corrected chi connectivity index (χ2v) is 14.8. The van der Waals surface area contributed by atoms with Crippen molar-refractivity contribution in [1.29, 1.82) is 0 Å². The van der Waals surface area contributed by atoms with Gasteiger partial charge in [0.1, 0.15) is 48.8 Å². The van der Waals surface area contributed by atoms with Crippen LogP contribution >= 0.6 is 33.3 Å². The molecule has 3 rings (SSSR count). The van der Waals surface area contributed by atoms with E-state index in [1.807, 2.05) is 0 Å². The summed E-state index contributed by atoms with van der Waals surface area (Å²) in [5.74, 6) is 2.76. The van der Waals surface area contributed by atoms with Gasteiger partial charge in [-0.1, -0.05) is 21.6 Å². The Morgan fingerprint density at radius 3 is 1.86 bits per heavy atom. The first kappa shape index (κ1) is 38.9. The quantitative estimate of drug-likeness (QED) is 0.0507. The number of hydrogen-bond donors (Lipinski definition) is 10. The second kappa shape index (κ2) is 19.4. The molecular formula is C25H50N4O12S3. The van der Waals surface area contributed by atoms with Gasteiger partial charge in [-0.2, -0.15) is 11.8 Å². The van der Waals surface area contributed by atoms with E-state index in [9.17, 15) is 30.6 Å². The third-order valence-corrected chi connectivity index (χ3v) is 11.1. The summed E-state index contributed by atoms with van der Waals surface area (Å²) >= 11 is 1.49. The van der Waals surface area contributed by atoms with Crippen molar-refractivity contribution < 1.29 is 59.1 Å². The fourth-order valence-electron chi connectivity index (χ4n) is 5.13.